The maximum absolute atomic E-state index is 12.9. The van der Waals surface area contributed by atoms with Crippen LogP contribution < -0.4 is 5.32 Å². The van der Waals surface area contributed by atoms with Crippen LogP contribution in [0, 0.1) is 25.2 Å². The summed E-state index contributed by atoms with van der Waals surface area (Å²) in [5, 5.41) is 12.5. The summed E-state index contributed by atoms with van der Waals surface area (Å²) < 4.78 is 1.81. The van der Waals surface area contributed by atoms with Crippen LogP contribution in [0.1, 0.15) is 59.8 Å². The number of carbonyl (C=O) groups excluding carboxylic acids is 1. The van der Waals surface area contributed by atoms with E-state index in [2.05, 4.69) is 37.1 Å². The molecular weight excluding hydrogens is 348 g/mol. The number of aryl methyl sites for hydroxylation is 2. The Labute approximate surface area is 168 Å². The summed E-state index contributed by atoms with van der Waals surface area (Å²) in [5.74, 6) is -0.188. The number of carbonyl (C=O) groups is 1. The molecule has 0 radical (unpaired) electrons. The molecule has 1 amide bonds. The fourth-order valence-corrected chi connectivity index (χ4v) is 3.90. The van der Waals surface area contributed by atoms with Crippen molar-refractivity contribution in [2.24, 2.45) is 0 Å². The van der Waals surface area contributed by atoms with Crippen LogP contribution in [-0.2, 0) is 0 Å². The molecule has 1 N–H and O–H groups in total. The first kappa shape index (κ1) is 20.2. The number of nitrogens with zero attached hydrogens (tertiary/aromatic N) is 3. The van der Waals surface area contributed by atoms with Crippen molar-refractivity contribution in [1.82, 2.24) is 14.8 Å². The molecule has 28 heavy (non-hydrogen) atoms. The molecule has 1 aromatic heterocycles. The number of amides is 1. The molecule has 1 unspecified atom stereocenters. The quantitative estimate of drug-likeness (QED) is 0.774. The second kappa shape index (κ2) is 9.07. The van der Waals surface area contributed by atoms with Crippen molar-refractivity contribution in [1.29, 1.82) is 5.26 Å². The number of hydrogen-bond donors (Lipinski definition) is 1. The Morgan fingerprint density at radius 3 is 2.79 bits per heavy atom. The van der Waals surface area contributed by atoms with Crippen molar-refractivity contribution in [3.05, 3.63) is 52.8 Å². The van der Waals surface area contributed by atoms with E-state index in [-0.39, 0.29) is 5.91 Å². The molecular formula is C23H30N4O. The number of hydrogen-bond acceptors (Lipinski definition) is 3. The van der Waals surface area contributed by atoms with Crippen LogP contribution in [0.25, 0.3) is 5.69 Å². The topological polar surface area (TPSA) is 61.1 Å². The SMILES string of the molecule is Cc1ccc(-n2ccc(C#N)c2C(=O)NCCCN2CCCCC2C)cc1C. The van der Waals surface area contributed by atoms with E-state index >= 15 is 0 Å². The first-order chi connectivity index (χ1) is 13.5. The number of aromatic nitrogens is 1. The Morgan fingerprint density at radius 2 is 2.07 bits per heavy atom. The third-order valence-corrected chi connectivity index (χ3v) is 5.84. The first-order valence-electron chi connectivity index (χ1n) is 10.2. The molecule has 0 aliphatic carbocycles. The maximum Gasteiger partial charge on any atom is 0.269 e. The number of nitriles is 1. The van der Waals surface area contributed by atoms with Gasteiger partial charge in [0.25, 0.3) is 5.91 Å². The van der Waals surface area contributed by atoms with E-state index in [0.717, 1.165) is 30.8 Å². The van der Waals surface area contributed by atoms with Gasteiger partial charge in [0.15, 0.2) is 0 Å². The van der Waals surface area contributed by atoms with Crippen molar-refractivity contribution < 1.29 is 4.79 Å². The summed E-state index contributed by atoms with van der Waals surface area (Å²) in [5.41, 5.74) is 4.08. The molecule has 3 rings (SSSR count). The lowest BCUT2D eigenvalue weighted by Crippen LogP contribution is -2.39. The standard InChI is InChI=1S/C23H30N4O/c1-17-8-9-21(15-18(17)2)27-14-10-20(16-24)22(27)23(28)25-11-6-13-26-12-5-4-7-19(26)3/h8-10,14-15,19H,4-7,11-13H2,1-3H3,(H,25,28). The van der Waals surface area contributed by atoms with Crippen LogP contribution in [0.4, 0.5) is 0 Å². The average molecular weight is 379 g/mol. The molecule has 0 spiro atoms. The fourth-order valence-electron chi connectivity index (χ4n) is 3.90. The van der Waals surface area contributed by atoms with Crippen molar-refractivity contribution >= 4 is 5.91 Å². The fraction of sp³-hybridized carbons (Fsp3) is 0.478. The van der Waals surface area contributed by atoms with E-state index in [1.54, 1.807) is 12.3 Å². The zero-order valence-electron chi connectivity index (χ0n) is 17.2. The summed E-state index contributed by atoms with van der Waals surface area (Å²) in [6.07, 6.45) is 6.57. The lowest BCUT2D eigenvalue weighted by molar-refractivity contribution is 0.0942. The highest BCUT2D eigenvalue weighted by molar-refractivity contribution is 5.95. The molecule has 1 aliphatic heterocycles. The molecule has 148 valence electrons. The van der Waals surface area contributed by atoms with Crippen LogP contribution in [0.15, 0.2) is 30.5 Å². The zero-order chi connectivity index (χ0) is 20.1. The van der Waals surface area contributed by atoms with Gasteiger partial charge in [0.1, 0.15) is 11.8 Å². The molecule has 1 aromatic carbocycles. The minimum Gasteiger partial charge on any atom is -0.351 e. The predicted octanol–water partition coefficient (Wildman–Crippen LogP) is 3.96. The van der Waals surface area contributed by atoms with Crippen LogP contribution in [0.3, 0.4) is 0 Å². The van der Waals surface area contributed by atoms with Gasteiger partial charge in [-0.3, -0.25) is 4.79 Å². The van der Waals surface area contributed by atoms with Crippen molar-refractivity contribution in [3.8, 4) is 11.8 Å². The summed E-state index contributed by atoms with van der Waals surface area (Å²) in [7, 11) is 0. The largest absolute Gasteiger partial charge is 0.351 e. The highest BCUT2D eigenvalue weighted by Crippen LogP contribution is 2.20. The van der Waals surface area contributed by atoms with Gasteiger partial charge in [-0.15, -0.1) is 0 Å². The molecule has 1 fully saturated rings. The van der Waals surface area contributed by atoms with Crippen LogP contribution in [0.5, 0.6) is 0 Å². The summed E-state index contributed by atoms with van der Waals surface area (Å²) in [6, 6.07) is 10.6. The molecule has 2 aromatic rings. The minimum absolute atomic E-state index is 0.188. The average Bonchev–Trinajstić information content (AvgIpc) is 3.12. The minimum atomic E-state index is -0.188. The highest BCUT2D eigenvalue weighted by Gasteiger charge is 2.20. The van der Waals surface area contributed by atoms with Gasteiger partial charge in [-0.2, -0.15) is 5.26 Å². The Morgan fingerprint density at radius 1 is 1.25 bits per heavy atom. The molecule has 2 heterocycles. The Kier molecular flexibility index (Phi) is 6.53. The van der Waals surface area contributed by atoms with Gasteiger partial charge in [0.2, 0.25) is 0 Å². The maximum atomic E-state index is 12.9. The second-order valence-electron chi connectivity index (χ2n) is 7.82. The van der Waals surface area contributed by atoms with Crippen molar-refractivity contribution in [2.75, 3.05) is 19.6 Å². The smallest absolute Gasteiger partial charge is 0.269 e. The third kappa shape index (κ3) is 4.45. The Hall–Kier alpha value is -2.58. The summed E-state index contributed by atoms with van der Waals surface area (Å²) >= 11 is 0. The summed E-state index contributed by atoms with van der Waals surface area (Å²) in [4.78, 5) is 15.4. The first-order valence-corrected chi connectivity index (χ1v) is 10.2. The third-order valence-electron chi connectivity index (χ3n) is 5.84. The van der Waals surface area contributed by atoms with Gasteiger partial charge < -0.3 is 14.8 Å². The molecule has 1 aliphatic rings. The number of benzene rings is 1. The predicted molar refractivity (Wildman–Crippen MR) is 112 cm³/mol. The van der Waals surface area contributed by atoms with Gasteiger partial charge in [-0.1, -0.05) is 12.5 Å². The number of nitrogens with one attached hydrogen (secondary N) is 1. The van der Waals surface area contributed by atoms with E-state index in [4.69, 9.17) is 0 Å². The lowest BCUT2D eigenvalue weighted by Gasteiger charge is -2.33. The van der Waals surface area contributed by atoms with Gasteiger partial charge in [0.05, 0.1) is 5.56 Å². The molecule has 1 saturated heterocycles. The molecule has 5 heteroatoms. The van der Waals surface area contributed by atoms with Crippen molar-refractivity contribution in [3.63, 3.8) is 0 Å². The Bertz CT molecular complexity index is 877. The number of rotatable bonds is 6. The molecule has 5 nitrogen and oxygen atoms in total. The monoisotopic (exact) mass is 378 g/mol. The van der Waals surface area contributed by atoms with Crippen LogP contribution in [-0.4, -0.2) is 41.1 Å². The van der Waals surface area contributed by atoms with Gasteiger partial charge in [-0.05, 0) is 75.9 Å². The van der Waals surface area contributed by atoms with E-state index in [0.29, 0.717) is 23.8 Å². The molecule has 0 saturated carbocycles. The number of piperidine rings is 1. The van der Waals surface area contributed by atoms with Crippen LogP contribution >= 0.6 is 0 Å². The number of likely N-dealkylation sites (tertiary alicyclic amines) is 1. The molecule has 1 atom stereocenters. The zero-order valence-corrected chi connectivity index (χ0v) is 17.2. The molecule has 0 bridgehead atoms. The normalized spacial score (nSPS) is 17.3. The van der Waals surface area contributed by atoms with Crippen molar-refractivity contribution in [2.45, 2.75) is 52.5 Å². The summed E-state index contributed by atoms with van der Waals surface area (Å²) in [6.45, 7) is 9.17. The van der Waals surface area contributed by atoms with Gasteiger partial charge >= 0.3 is 0 Å². The van der Waals surface area contributed by atoms with E-state index in [1.807, 2.05) is 22.8 Å². The lowest BCUT2D eigenvalue weighted by atomic mass is 10.0. The van der Waals surface area contributed by atoms with Crippen LogP contribution in [0.2, 0.25) is 0 Å². The van der Waals surface area contributed by atoms with E-state index in [9.17, 15) is 10.1 Å². The van der Waals surface area contributed by atoms with E-state index < -0.39 is 0 Å². The highest BCUT2D eigenvalue weighted by atomic mass is 16.1. The Balaban J connectivity index is 1.66. The second-order valence-corrected chi connectivity index (χ2v) is 7.82. The van der Waals surface area contributed by atoms with E-state index in [1.165, 1.54) is 24.8 Å². The van der Waals surface area contributed by atoms with Gasteiger partial charge in [-0.25, -0.2) is 0 Å². The van der Waals surface area contributed by atoms with Gasteiger partial charge in [0, 0.05) is 31.0 Å².